The summed E-state index contributed by atoms with van der Waals surface area (Å²) in [7, 11) is 3.02. The van der Waals surface area contributed by atoms with Gasteiger partial charge in [0, 0.05) is 6.92 Å². The van der Waals surface area contributed by atoms with Gasteiger partial charge in [-0.3, -0.25) is 9.59 Å². The van der Waals surface area contributed by atoms with Crippen LogP contribution in [0.25, 0.3) is 0 Å². The maximum absolute atomic E-state index is 14.3. The molecule has 4 aromatic rings. The van der Waals surface area contributed by atoms with Gasteiger partial charge >= 0.3 is 5.97 Å². The highest BCUT2D eigenvalue weighted by atomic mass is 16.6. The van der Waals surface area contributed by atoms with Crippen molar-refractivity contribution in [1.82, 2.24) is 0 Å². The average molecular weight is 511 g/mol. The summed E-state index contributed by atoms with van der Waals surface area (Å²) in [6.07, 6.45) is -2.86. The van der Waals surface area contributed by atoms with Crippen LogP contribution in [0.1, 0.15) is 46.2 Å². The first-order valence-electron chi connectivity index (χ1n) is 12.3. The number of carbonyl (C=O) groups is 2. The maximum atomic E-state index is 14.3. The van der Waals surface area contributed by atoms with Crippen molar-refractivity contribution in [2.24, 2.45) is 0 Å². The minimum Gasteiger partial charge on any atom is -0.497 e. The summed E-state index contributed by atoms with van der Waals surface area (Å²) in [5.74, 6) is -0.101. The molecule has 0 heterocycles. The standard InChI is InChI=1S/C32H30O6/c1-22(33)37-31(25-17-11-6-12-18-25)32(29(34)27-21-26(35-2)19-20-28(27)36-3)38-30(23-13-7-4-8-14-23)24-15-9-5-10-16-24/h4-21,30-32H,1-3H3/t31-,32-/m1/s1. The third-order valence-corrected chi connectivity index (χ3v) is 6.11. The smallest absolute Gasteiger partial charge is 0.303 e. The summed E-state index contributed by atoms with van der Waals surface area (Å²) in [6.45, 7) is 1.31. The lowest BCUT2D eigenvalue weighted by molar-refractivity contribution is -0.155. The zero-order valence-corrected chi connectivity index (χ0v) is 21.6. The van der Waals surface area contributed by atoms with Crippen molar-refractivity contribution in [1.29, 1.82) is 0 Å². The molecular weight excluding hydrogens is 480 g/mol. The highest BCUT2D eigenvalue weighted by Gasteiger charge is 2.38. The summed E-state index contributed by atoms with van der Waals surface area (Å²) < 4.78 is 23.4. The van der Waals surface area contributed by atoms with Crippen molar-refractivity contribution in [2.45, 2.75) is 25.2 Å². The minimum absolute atomic E-state index is 0.254. The molecule has 0 bridgehead atoms. The fourth-order valence-electron chi connectivity index (χ4n) is 4.31. The number of hydrogen-bond acceptors (Lipinski definition) is 6. The van der Waals surface area contributed by atoms with Gasteiger partial charge in [0.25, 0.3) is 0 Å². The molecule has 4 rings (SSSR count). The Bertz CT molecular complexity index is 1300. The van der Waals surface area contributed by atoms with Crippen molar-refractivity contribution in [2.75, 3.05) is 14.2 Å². The van der Waals surface area contributed by atoms with Crippen LogP contribution in [0.3, 0.4) is 0 Å². The maximum Gasteiger partial charge on any atom is 0.303 e. The molecule has 0 aromatic heterocycles. The van der Waals surface area contributed by atoms with E-state index in [1.807, 2.05) is 78.9 Å². The highest BCUT2D eigenvalue weighted by molar-refractivity contribution is 6.03. The number of benzene rings is 4. The molecule has 4 aromatic carbocycles. The normalized spacial score (nSPS) is 12.4. The van der Waals surface area contributed by atoms with E-state index in [4.69, 9.17) is 18.9 Å². The van der Waals surface area contributed by atoms with Crippen LogP contribution >= 0.6 is 0 Å². The minimum atomic E-state index is -1.22. The van der Waals surface area contributed by atoms with Gasteiger partial charge in [0.15, 0.2) is 18.0 Å². The van der Waals surface area contributed by atoms with E-state index in [-0.39, 0.29) is 5.56 Å². The van der Waals surface area contributed by atoms with E-state index < -0.39 is 30.1 Å². The predicted octanol–water partition coefficient (Wildman–Crippen LogP) is 6.37. The van der Waals surface area contributed by atoms with Gasteiger partial charge < -0.3 is 18.9 Å². The first-order chi connectivity index (χ1) is 18.5. The molecule has 0 aliphatic heterocycles. The molecule has 0 amide bonds. The summed E-state index contributed by atoms with van der Waals surface area (Å²) in [5, 5.41) is 0. The topological polar surface area (TPSA) is 71.1 Å². The Hall–Kier alpha value is -4.42. The van der Waals surface area contributed by atoms with Crippen LogP contribution in [0.4, 0.5) is 0 Å². The lowest BCUT2D eigenvalue weighted by Gasteiger charge is -2.31. The van der Waals surface area contributed by atoms with E-state index in [2.05, 4.69) is 0 Å². The van der Waals surface area contributed by atoms with Crippen LogP contribution < -0.4 is 9.47 Å². The van der Waals surface area contributed by atoms with Crippen molar-refractivity contribution in [3.05, 3.63) is 131 Å². The molecule has 0 saturated heterocycles. The molecule has 0 radical (unpaired) electrons. The van der Waals surface area contributed by atoms with Crippen LogP contribution in [0.2, 0.25) is 0 Å². The second-order valence-electron chi connectivity index (χ2n) is 8.63. The SMILES string of the molecule is COc1ccc(OC)c(C(=O)[C@@H](OC(c2ccccc2)c2ccccc2)[C@H](OC(C)=O)c2ccccc2)c1. The van der Waals surface area contributed by atoms with Gasteiger partial charge in [-0.25, -0.2) is 0 Å². The lowest BCUT2D eigenvalue weighted by Crippen LogP contribution is -2.35. The summed E-state index contributed by atoms with van der Waals surface area (Å²) in [5.41, 5.74) is 2.58. The van der Waals surface area contributed by atoms with Crippen molar-refractivity contribution >= 4 is 11.8 Å². The highest BCUT2D eigenvalue weighted by Crippen LogP contribution is 2.36. The number of ketones is 1. The monoisotopic (exact) mass is 510 g/mol. The molecule has 0 N–H and O–H groups in total. The molecule has 0 spiro atoms. The third-order valence-electron chi connectivity index (χ3n) is 6.11. The van der Waals surface area contributed by atoms with E-state index in [0.717, 1.165) is 11.1 Å². The molecule has 194 valence electrons. The Labute approximate surface area is 222 Å². The number of Topliss-reactive ketones (excluding diaryl/α,β-unsaturated/α-hetero) is 1. The van der Waals surface area contributed by atoms with E-state index in [0.29, 0.717) is 17.1 Å². The van der Waals surface area contributed by atoms with Crippen LogP contribution in [0, 0.1) is 0 Å². The van der Waals surface area contributed by atoms with Crippen LogP contribution in [-0.4, -0.2) is 32.1 Å². The van der Waals surface area contributed by atoms with Gasteiger partial charge in [-0.2, -0.15) is 0 Å². The predicted molar refractivity (Wildman–Crippen MR) is 144 cm³/mol. The Balaban J connectivity index is 1.88. The third kappa shape index (κ3) is 6.28. The molecule has 0 aliphatic carbocycles. The zero-order valence-electron chi connectivity index (χ0n) is 21.6. The average Bonchev–Trinajstić information content (AvgIpc) is 2.97. The van der Waals surface area contributed by atoms with Crippen molar-refractivity contribution in [3.8, 4) is 11.5 Å². The molecule has 0 saturated carbocycles. The Morgan fingerprint density at radius 1 is 0.658 bits per heavy atom. The molecule has 0 unspecified atom stereocenters. The fourth-order valence-corrected chi connectivity index (χ4v) is 4.31. The molecular formula is C32H30O6. The number of esters is 1. The van der Waals surface area contributed by atoms with Gasteiger partial charge in [0.1, 0.15) is 17.6 Å². The van der Waals surface area contributed by atoms with E-state index >= 15 is 0 Å². The molecule has 6 nitrogen and oxygen atoms in total. The first kappa shape index (κ1) is 26.6. The summed E-state index contributed by atoms with van der Waals surface area (Å²) >= 11 is 0. The van der Waals surface area contributed by atoms with Crippen LogP contribution in [0.5, 0.6) is 11.5 Å². The van der Waals surface area contributed by atoms with E-state index in [9.17, 15) is 9.59 Å². The molecule has 6 heteroatoms. The van der Waals surface area contributed by atoms with E-state index in [1.54, 1.807) is 30.3 Å². The Morgan fingerprint density at radius 2 is 1.18 bits per heavy atom. The molecule has 0 aliphatic rings. The first-order valence-corrected chi connectivity index (χ1v) is 12.3. The number of ether oxygens (including phenoxy) is 4. The number of carbonyl (C=O) groups excluding carboxylic acids is 2. The quantitative estimate of drug-likeness (QED) is 0.173. The Morgan fingerprint density at radius 3 is 1.66 bits per heavy atom. The zero-order chi connectivity index (χ0) is 26.9. The van der Waals surface area contributed by atoms with Crippen molar-refractivity contribution < 1.29 is 28.5 Å². The second-order valence-corrected chi connectivity index (χ2v) is 8.63. The largest absolute Gasteiger partial charge is 0.497 e. The van der Waals surface area contributed by atoms with Gasteiger partial charge in [-0.1, -0.05) is 91.0 Å². The van der Waals surface area contributed by atoms with E-state index in [1.165, 1.54) is 21.1 Å². The Kier molecular flexibility index (Phi) is 8.90. The molecule has 38 heavy (non-hydrogen) atoms. The van der Waals surface area contributed by atoms with Gasteiger partial charge in [-0.05, 0) is 34.9 Å². The van der Waals surface area contributed by atoms with Crippen LogP contribution in [-0.2, 0) is 14.3 Å². The summed E-state index contributed by atoms with van der Waals surface area (Å²) in [4.78, 5) is 26.6. The number of hydrogen-bond donors (Lipinski definition) is 0. The number of rotatable bonds is 11. The number of methoxy groups -OCH3 is 2. The van der Waals surface area contributed by atoms with Gasteiger partial charge in [0.2, 0.25) is 0 Å². The fraction of sp³-hybridized carbons (Fsp3) is 0.188. The second kappa shape index (κ2) is 12.7. The van der Waals surface area contributed by atoms with Crippen LogP contribution in [0.15, 0.2) is 109 Å². The van der Waals surface area contributed by atoms with Crippen molar-refractivity contribution in [3.63, 3.8) is 0 Å². The molecule has 2 atom stereocenters. The lowest BCUT2D eigenvalue weighted by atomic mass is 9.94. The molecule has 0 fully saturated rings. The van der Waals surface area contributed by atoms with Gasteiger partial charge in [-0.15, -0.1) is 0 Å². The van der Waals surface area contributed by atoms with Gasteiger partial charge in [0.05, 0.1) is 19.8 Å². The summed E-state index contributed by atoms with van der Waals surface area (Å²) in [6, 6.07) is 33.3.